The highest BCUT2D eigenvalue weighted by Crippen LogP contribution is 2.17. The molecule has 0 aliphatic carbocycles. The van der Waals surface area contributed by atoms with Gasteiger partial charge in [0.05, 0.1) is 22.6 Å². The van der Waals surface area contributed by atoms with Crippen molar-refractivity contribution in [1.82, 2.24) is 30.0 Å². The van der Waals surface area contributed by atoms with E-state index in [-0.39, 0.29) is 17.7 Å². The molecule has 1 fully saturated rings. The Bertz CT molecular complexity index is 871. The summed E-state index contributed by atoms with van der Waals surface area (Å²) >= 11 is 0. The molecular formula is C21H30N6O2. The molecule has 1 saturated heterocycles. The molecular weight excluding hydrogens is 368 g/mol. The Morgan fingerprint density at radius 3 is 2.55 bits per heavy atom. The van der Waals surface area contributed by atoms with Gasteiger partial charge in [-0.05, 0) is 52.5 Å². The fourth-order valence-electron chi connectivity index (χ4n) is 3.97. The van der Waals surface area contributed by atoms with Crippen molar-refractivity contribution >= 4 is 11.8 Å². The van der Waals surface area contributed by atoms with E-state index in [9.17, 15) is 9.59 Å². The van der Waals surface area contributed by atoms with Gasteiger partial charge in [-0.25, -0.2) is 9.97 Å². The smallest absolute Gasteiger partial charge is 0.254 e. The van der Waals surface area contributed by atoms with Gasteiger partial charge in [0.2, 0.25) is 5.91 Å². The fraction of sp³-hybridized carbons (Fsp3) is 0.571. The van der Waals surface area contributed by atoms with Crippen LogP contribution in [-0.4, -0.2) is 56.1 Å². The maximum Gasteiger partial charge on any atom is 0.254 e. The fourth-order valence-corrected chi connectivity index (χ4v) is 3.97. The number of hydrogen-bond donors (Lipinski definition) is 1. The summed E-state index contributed by atoms with van der Waals surface area (Å²) in [5.74, 6) is 0.265. The molecule has 8 nitrogen and oxygen atoms in total. The number of carbonyl (C=O) groups excluding carboxylic acids is 2. The SMILES string of the molecule is Cc1cc(C)n(CCC(=O)N2CCCC(CNC(=O)c3c(C)ncnc3C)C2)n1. The summed E-state index contributed by atoms with van der Waals surface area (Å²) in [5, 5.41) is 7.43. The predicted molar refractivity (Wildman–Crippen MR) is 109 cm³/mol. The molecule has 0 aromatic carbocycles. The van der Waals surface area contributed by atoms with E-state index < -0.39 is 0 Å². The Kier molecular flexibility index (Phi) is 6.61. The second kappa shape index (κ2) is 9.15. The molecule has 8 heteroatoms. The number of hydrogen-bond acceptors (Lipinski definition) is 5. The highest BCUT2D eigenvalue weighted by molar-refractivity contribution is 5.96. The zero-order valence-electron chi connectivity index (χ0n) is 17.7. The van der Waals surface area contributed by atoms with Gasteiger partial charge in [0, 0.05) is 38.3 Å². The minimum Gasteiger partial charge on any atom is -0.352 e. The van der Waals surface area contributed by atoms with Crippen LogP contribution in [0.2, 0.25) is 0 Å². The van der Waals surface area contributed by atoms with Crippen LogP contribution in [0.1, 0.15) is 52.4 Å². The van der Waals surface area contributed by atoms with Gasteiger partial charge < -0.3 is 10.2 Å². The maximum absolute atomic E-state index is 12.7. The standard InChI is InChI=1S/C21H30N6O2/c1-14-10-15(2)27(25-14)9-7-19(28)26-8-5-6-18(12-26)11-22-21(29)20-16(3)23-13-24-17(20)4/h10,13,18H,5-9,11-12H2,1-4H3,(H,22,29). The Hall–Kier alpha value is -2.77. The molecule has 0 spiro atoms. The first-order valence-corrected chi connectivity index (χ1v) is 10.2. The number of nitrogens with zero attached hydrogens (tertiary/aromatic N) is 5. The summed E-state index contributed by atoms with van der Waals surface area (Å²) in [6.07, 6.45) is 3.88. The number of rotatable bonds is 6. The summed E-state index contributed by atoms with van der Waals surface area (Å²) in [7, 11) is 0. The zero-order chi connectivity index (χ0) is 21.0. The van der Waals surface area contributed by atoms with Crippen LogP contribution in [0, 0.1) is 33.6 Å². The topological polar surface area (TPSA) is 93.0 Å². The second-order valence-electron chi connectivity index (χ2n) is 7.88. The summed E-state index contributed by atoms with van der Waals surface area (Å²) in [6.45, 7) is 10.2. The molecule has 0 radical (unpaired) electrons. The van der Waals surface area contributed by atoms with Crippen molar-refractivity contribution in [1.29, 1.82) is 0 Å². The van der Waals surface area contributed by atoms with Crippen LogP contribution < -0.4 is 5.32 Å². The molecule has 1 aliphatic rings. The van der Waals surface area contributed by atoms with Gasteiger partial charge in [0.25, 0.3) is 5.91 Å². The molecule has 0 bridgehead atoms. The molecule has 0 saturated carbocycles. The maximum atomic E-state index is 12.7. The number of aromatic nitrogens is 4. The van der Waals surface area contributed by atoms with E-state index in [0.717, 1.165) is 30.8 Å². The molecule has 1 aliphatic heterocycles. The minimum absolute atomic E-state index is 0.145. The van der Waals surface area contributed by atoms with Crippen molar-refractivity contribution in [3.63, 3.8) is 0 Å². The third kappa shape index (κ3) is 5.19. The first-order valence-electron chi connectivity index (χ1n) is 10.2. The number of likely N-dealkylation sites (tertiary alicyclic amines) is 1. The first-order chi connectivity index (χ1) is 13.8. The largest absolute Gasteiger partial charge is 0.352 e. The van der Waals surface area contributed by atoms with E-state index in [0.29, 0.717) is 43.0 Å². The van der Waals surface area contributed by atoms with Gasteiger partial charge in [0.15, 0.2) is 0 Å². The molecule has 2 aromatic rings. The van der Waals surface area contributed by atoms with Gasteiger partial charge in [0.1, 0.15) is 6.33 Å². The van der Waals surface area contributed by atoms with Crippen LogP contribution in [0.15, 0.2) is 12.4 Å². The second-order valence-corrected chi connectivity index (χ2v) is 7.88. The normalized spacial score (nSPS) is 16.7. The minimum atomic E-state index is -0.145. The summed E-state index contributed by atoms with van der Waals surface area (Å²) in [5.41, 5.74) is 3.95. The molecule has 1 unspecified atom stereocenters. The molecule has 2 amide bonds. The van der Waals surface area contributed by atoms with E-state index in [1.54, 1.807) is 0 Å². The number of aryl methyl sites for hydroxylation is 5. The molecule has 156 valence electrons. The van der Waals surface area contributed by atoms with Crippen molar-refractivity contribution in [2.24, 2.45) is 5.92 Å². The van der Waals surface area contributed by atoms with E-state index >= 15 is 0 Å². The van der Waals surface area contributed by atoms with E-state index in [1.165, 1.54) is 6.33 Å². The number of piperidine rings is 1. The van der Waals surface area contributed by atoms with Crippen molar-refractivity contribution in [3.05, 3.63) is 40.7 Å². The van der Waals surface area contributed by atoms with Crippen molar-refractivity contribution in [2.45, 2.75) is 53.5 Å². The lowest BCUT2D eigenvalue weighted by Gasteiger charge is -2.33. The van der Waals surface area contributed by atoms with Crippen LogP contribution in [0.4, 0.5) is 0 Å². The molecule has 3 rings (SSSR count). The first kappa shape index (κ1) is 21.0. The van der Waals surface area contributed by atoms with Crippen LogP contribution in [0.25, 0.3) is 0 Å². The predicted octanol–water partition coefficient (Wildman–Crippen LogP) is 1.97. The van der Waals surface area contributed by atoms with E-state index in [2.05, 4.69) is 20.4 Å². The number of carbonyl (C=O) groups is 2. The third-order valence-electron chi connectivity index (χ3n) is 5.52. The molecule has 29 heavy (non-hydrogen) atoms. The van der Waals surface area contributed by atoms with Gasteiger partial charge in [-0.15, -0.1) is 0 Å². The van der Waals surface area contributed by atoms with Gasteiger partial charge in [-0.1, -0.05) is 0 Å². The third-order valence-corrected chi connectivity index (χ3v) is 5.52. The van der Waals surface area contributed by atoms with Crippen molar-refractivity contribution < 1.29 is 9.59 Å². The Morgan fingerprint density at radius 1 is 1.17 bits per heavy atom. The number of nitrogens with one attached hydrogen (secondary N) is 1. The molecule has 3 heterocycles. The molecule has 1 atom stereocenters. The quantitative estimate of drug-likeness (QED) is 0.803. The zero-order valence-corrected chi connectivity index (χ0v) is 17.7. The van der Waals surface area contributed by atoms with Gasteiger partial charge in [-0.2, -0.15) is 5.10 Å². The van der Waals surface area contributed by atoms with Gasteiger partial charge in [-0.3, -0.25) is 14.3 Å². The van der Waals surface area contributed by atoms with E-state index in [1.807, 2.05) is 43.3 Å². The average molecular weight is 399 g/mol. The molecule has 1 N–H and O–H groups in total. The Morgan fingerprint density at radius 2 is 1.90 bits per heavy atom. The number of amides is 2. The molecule has 2 aromatic heterocycles. The van der Waals surface area contributed by atoms with Crippen LogP contribution >= 0.6 is 0 Å². The lowest BCUT2D eigenvalue weighted by Crippen LogP contribution is -2.44. The Labute approximate surface area is 171 Å². The lowest BCUT2D eigenvalue weighted by molar-refractivity contribution is -0.133. The summed E-state index contributed by atoms with van der Waals surface area (Å²) in [4.78, 5) is 35.4. The summed E-state index contributed by atoms with van der Waals surface area (Å²) in [6, 6.07) is 2.02. The van der Waals surface area contributed by atoms with Crippen molar-refractivity contribution in [2.75, 3.05) is 19.6 Å². The highest BCUT2D eigenvalue weighted by atomic mass is 16.2. The summed E-state index contributed by atoms with van der Waals surface area (Å²) < 4.78 is 1.89. The van der Waals surface area contributed by atoms with E-state index in [4.69, 9.17) is 0 Å². The lowest BCUT2D eigenvalue weighted by atomic mass is 9.97. The van der Waals surface area contributed by atoms with Crippen LogP contribution in [0.3, 0.4) is 0 Å². The highest BCUT2D eigenvalue weighted by Gasteiger charge is 2.24. The van der Waals surface area contributed by atoms with Crippen LogP contribution in [-0.2, 0) is 11.3 Å². The average Bonchev–Trinajstić information content (AvgIpc) is 3.01. The van der Waals surface area contributed by atoms with Gasteiger partial charge >= 0.3 is 0 Å². The van der Waals surface area contributed by atoms with Crippen molar-refractivity contribution in [3.8, 4) is 0 Å². The Balaban J connectivity index is 1.50. The monoisotopic (exact) mass is 398 g/mol. The van der Waals surface area contributed by atoms with Crippen LogP contribution in [0.5, 0.6) is 0 Å².